The second-order valence-electron chi connectivity index (χ2n) is 4.70. The number of rotatable bonds is 1. The molecule has 2 aliphatic rings. The Balaban J connectivity index is 1.94. The Labute approximate surface area is 95.4 Å². The Kier molecular flexibility index (Phi) is 2.50. The smallest absolute Gasteiger partial charge is 0.238 e. The number of hydrogen-bond acceptors (Lipinski definition) is 2. The van der Waals surface area contributed by atoms with Gasteiger partial charge >= 0.3 is 0 Å². The fourth-order valence-corrected chi connectivity index (χ4v) is 2.87. The summed E-state index contributed by atoms with van der Waals surface area (Å²) in [5.41, 5.74) is 2.33. The van der Waals surface area contributed by atoms with Crippen LogP contribution in [0.2, 0.25) is 0 Å². The van der Waals surface area contributed by atoms with E-state index in [0.717, 1.165) is 5.56 Å². The van der Waals surface area contributed by atoms with Gasteiger partial charge in [0.2, 0.25) is 5.82 Å². The van der Waals surface area contributed by atoms with Gasteiger partial charge in [0.25, 0.3) is 0 Å². The summed E-state index contributed by atoms with van der Waals surface area (Å²) >= 11 is 0. The van der Waals surface area contributed by atoms with Crippen molar-refractivity contribution < 1.29 is 5.06 Å². The molecule has 0 spiro atoms. The Hall–Kier alpha value is -1.19. The van der Waals surface area contributed by atoms with Crippen molar-refractivity contribution in [1.29, 1.82) is 0 Å². The molecule has 1 aliphatic heterocycles. The summed E-state index contributed by atoms with van der Waals surface area (Å²) in [7, 11) is 0. The van der Waals surface area contributed by atoms with Gasteiger partial charge in [-0.05, 0) is 30.9 Å². The fraction of sp³-hybridized carbons (Fsp3) is 0.462. The third-order valence-corrected chi connectivity index (χ3v) is 3.68. The minimum atomic E-state index is 0.0937. The lowest BCUT2D eigenvalue weighted by Gasteiger charge is -2.21. The lowest BCUT2D eigenvalue weighted by atomic mass is 9.82. The summed E-state index contributed by atoms with van der Waals surface area (Å²) in [5.74, 6) is 1.24. The molecule has 3 nitrogen and oxygen atoms in total. The number of nitrogens with one attached hydrogen (secondary N) is 1. The largest absolute Gasteiger partial charge is 0.623 e. The first-order valence-corrected chi connectivity index (χ1v) is 6.07. The maximum absolute atomic E-state index is 11.8. The fourth-order valence-electron chi connectivity index (χ4n) is 2.87. The molecule has 0 bridgehead atoms. The molecule has 0 amide bonds. The molecule has 3 rings (SSSR count). The Morgan fingerprint density at radius 1 is 1.25 bits per heavy atom. The van der Waals surface area contributed by atoms with E-state index in [4.69, 9.17) is 0 Å². The first-order valence-electron chi connectivity index (χ1n) is 6.07. The predicted molar refractivity (Wildman–Crippen MR) is 62.8 cm³/mol. The first-order chi connectivity index (χ1) is 7.86. The second kappa shape index (κ2) is 4.00. The maximum Gasteiger partial charge on any atom is 0.238 e. The van der Waals surface area contributed by atoms with Crippen molar-refractivity contribution in [3.63, 3.8) is 0 Å². The molecule has 0 saturated heterocycles. The summed E-state index contributed by atoms with van der Waals surface area (Å²) in [4.78, 5) is 4.18. The molecule has 1 aromatic heterocycles. The number of hydroxylamine groups is 1. The minimum Gasteiger partial charge on any atom is -0.623 e. The molecule has 3 heteroatoms. The quantitative estimate of drug-likeness (QED) is 0.730. The third kappa shape index (κ3) is 1.56. The van der Waals surface area contributed by atoms with Gasteiger partial charge < -0.3 is 5.21 Å². The average molecular weight is 216 g/mol. The Bertz CT molecular complexity index is 422. The Morgan fingerprint density at radius 3 is 2.88 bits per heavy atom. The molecule has 84 valence electrons. The minimum absolute atomic E-state index is 0.0937. The monoisotopic (exact) mass is 216 g/mol. The van der Waals surface area contributed by atoms with E-state index >= 15 is 0 Å². The van der Waals surface area contributed by atoms with Crippen LogP contribution >= 0.6 is 0 Å². The molecule has 1 saturated carbocycles. The van der Waals surface area contributed by atoms with Crippen molar-refractivity contribution >= 4 is 11.4 Å². The number of pyridine rings is 1. The van der Waals surface area contributed by atoms with Gasteiger partial charge in [-0.2, -0.15) is 0 Å². The van der Waals surface area contributed by atoms with Gasteiger partial charge in [0, 0.05) is 11.8 Å². The van der Waals surface area contributed by atoms with Crippen molar-refractivity contribution in [1.82, 2.24) is 4.98 Å². The topological polar surface area (TPSA) is 40.4 Å². The molecule has 1 aromatic rings. The molecule has 2 heterocycles. The third-order valence-electron chi connectivity index (χ3n) is 3.68. The normalized spacial score (nSPS) is 25.3. The highest BCUT2D eigenvalue weighted by Crippen LogP contribution is 2.37. The number of allylic oxidation sites excluding steroid dienone is 1. The molecule has 1 N–H and O–H groups in total. The summed E-state index contributed by atoms with van der Waals surface area (Å²) in [6.07, 6.45) is 9.91. The molecule has 0 aromatic carbocycles. The van der Waals surface area contributed by atoms with Crippen molar-refractivity contribution in [3.05, 3.63) is 35.3 Å². The van der Waals surface area contributed by atoms with E-state index in [9.17, 15) is 5.21 Å². The van der Waals surface area contributed by atoms with E-state index in [-0.39, 0.29) is 5.06 Å². The molecule has 1 atom stereocenters. The van der Waals surface area contributed by atoms with Crippen LogP contribution in [0.25, 0.3) is 5.57 Å². The van der Waals surface area contributed by atoms with Gasteiger partial charge in [0.1, 0.15) is 6.20 Å². The molecular weight excluding hydrogens is 200 g/mol. The zero-order valence-electron chi connectivity index (χ0n) is 9.28. The zero-order chi connectivity index (χ0) is 11.0. The van der Waals surface area contributed by atoms with Crippen LogP contribution in [0, 0.1) is 11.1 Å². The van der Waals surface area contributed by atoms with E-state index in [1.54, 1.807) is 6.20 Å². The van der Waals surface area contributed by atoms with Crippen LogP contribution in [0.1, 0.15) is 37.7 Å². The van der Waals surface area contributed by atoms with Crippen LogP contribution in [0.4, 0.5) is 5.82 Å². The Morgan fingerprint density at radius 2 is 2.06 bits per heavy atom. The highest BCUT2D eigenvalue weighted by Gasteiger charge is 2.29. The molecule has 1 aliphatic carbocycles. The number of fused-ring (bicyclic) bond motifs is 1. The van der Waals surface area contributed by atoms with E-state index in [1.165, 1.54) is 37.7 Å². The van der Waals surface area contributed by atoms with E-state index in [1.807, 2.05) is 18.3 Å². The second-order valence-corrected chi connectivity index (χ2v) is 4.70. The van der Waals surface area contributed by atoms with Crippen LogP contribution in [0.15, 0.2) is 24.5 Å². The lowest BCUT2D eigenvalue weighted by Crippen LogP contribution is -2.96. The van der Waals surface area contributed by atoms with Gasteiger partial charge in [-0.25, -0.2) is 4.98 Å². The average Bonchev–Trinajstić information content (AvgIpc) is 2.69. The van der Waals surface area contributed by atoms with Crippen LogP contribution in [0.3, 0.4) is 0 Å². The van der Waals surface area contributed by atoms with Crippen LogP contribution < -0.4 is 5.06 Å². The van der Waals surface area contributed by atoms with E-state index in [2.05, 4.69) is 4.98 Å². The van der Waals surface area contributed by atoms with Gasteiger partial charge in [-0.3, -0.25) is 5.06 Å². The van der Waals surface area contributed by atoms with Crippen molar-refractivity contribution in [2.75, 3.05) is 0 Å². The van der Waals surface area contributed by atoms with Crippen LogP contribution in [-0.2, 0) is 0 Å². The summed E-state index contributed by atoms with van der Waals surface area (Å²) in [6.45, 7) is 0. The number of hydrogen-bond donors (Lipinski definition) is 1. The zero-order valence-corrected chi connectivity index (χ0v) is 9.28. The number of quaternary nitrogens is 1. The van der Waals surface area contributed by atoms with Crippen molar-refractivity contribution in [2.24, 2.45) is 5.92 Å². The molecule has 1 fully saturated rings. The highest BCUT2D eigenvalue weighted by atomic mass is 16.5. The van der Waals surface area contributed by atoms with Crippen molar-refractivity contribution in [3.8, 4) is 0 Å². The predicted octanol–water partition coefficient (Wildman–Crippen LogP) is 2.03. The maximum atomic E-state index is 11.8. The van der Waals surface area contributed by atoms with E-state index in [0.29, 0.717) is 11.7 Å². The van der Waals surface area contributed by atoms with Gasteiger partial charge in [-0.1, -0.05) is 19.3 Å². The van der Waals surface area contributed by atoms with Gasteiger partial charge in [0.15, 0.2) is 0 Å². The summed E-state index contributed by atoms with van der Waals surface area (Å²) < 4.78 is 0. The number of aromatic nitrogens is 1. The molecule has 1 unspecified atom stereocenters. The van der Waals surface area contributed by atoms with Crippen LogP contribution in [0.5, 0.6) is 0 Å². The van der Waals surface area contributed by atoms with Crippen LogP contribution in [-0.4, -0.2) is 4.98 Å². The van der Waals surface area contributed by atoms with Crippen molar-refractivity contribution in [2.45, 2.75) is 32.1 Å². The lowest BCUT2D eigenvalue weighted by molar-refractivity contribution is -0.713. The first kappa shape index (κ1) is 10.00. The summed E-state index contributed by atoms with van der Waals surface area (Å²) in [5, 5.41) is 11.9. The number of nitrogens with zero attached hydrogens (tertiary/aromatic N) is 1. The SMILES string of the molecule is [O-][NH+]1C=C(C2CCCCC2)c2cccnc21. The summed E-state index contributed by atoms with van der Waals surface area (Å²) in [6, 6.07) is 3.96. The highest BCUT2D eigenvalue weighted by molar-refractivity contribution is 5.74. The molecule has 0 radical (unpaired) electrons. The van der Waals surface area contributed by atoms with E-state index < -0.39 is 0 Å². The molecular formula is C13H16N2O. The molecule has 16 heavy (non-hydrogen) atoms. The van der Waals surface area contributed by atoms with Gasteiger partial charge in [0.05, 0.1) is 5.56 Å². The van der Waals surface area contributed by atoms with Gasteiger partial charge in [-0.15, -0.1) is 0 Å². The standard InChI is InChI=1S/C13H16N2O/c16-15-9-12(10-5-2-1-3-6-10)11-7-4-8-14-13(11)15/h4,7-10,15H,1-3,5-6H2.